The number of hydrogen-bond acceptors (Lipinski definition) is 4. The van der Waals surface area contributed by atoms with Crippen molar-refractivity contribution in [1.29, 1.82) is 0 Å². The van der Waals surface area contributed by atoms with Crippen molar-refractivity contribution in [2.45, 2.75) is 19.9 Å². The number of thiazole rings is 1. The normalized spacial score (nSPS) is 12.1. The van der Waals surface area contributed by atoms with E-state index in [9.17, 15) is 4.79 Å². The maximum Gasteiger partial charge on any atom is 0.251 e. The van der Waals surface area contributed by atoms with Crippen LogP contribution in [0.2, 0.25) is 0 Å². The lowest BCUT2D eigenvalue weighted by Gasteiger charge is -2.14. The molecule has 1 N–H and O–H groups in total. The van der Waals surface area contributed by atoms with E-state index >= 15 is 0 Å². The van der Waals surface area contributed by atoms with E-state index in [2.05, 4.69) is 48.6 Å². The van der Waals surface area contributed by atoms with E-state index < -0.39 is 0 Å². The van der Waals surface area contributed by atoms with Crippen molar-refractivity contribution >= 4 is 27.5 Å². The van der Waals surface area contributed by atoms with Crippen LogP contribution >= 0.6 is 11.3 Å². The minimum absolute atomic E-state index is 0.0727. The predicted molar refractivity (Wildman–Crippen MR) is 124 cm³/mol. The van der Waals surface area contributed by atoms with Crippen LogP contribution in [-0.2, 0) is 4.74 Å². The Morgan fingerprint density at radius 3 is 2.50 bits per heavy atom. The quantitative estimate of drug-likeness (QED) is 0.438. The summed E-state index contributed by atoms with van der Waals surface area (Å²) in [4.78, 5) is 17.7. The lowest BCUT2D eigenvalue weighted by molar-refractivity contribution is 0.0905. The molecule has 0 aliphatic heterocycles. The van der Waals surface area contributed by atoms with E-state index in [1.165, 1.54) is 5.56 Å². The molecular weight excluding hydrogens is 392 g/mol. The third kappa shape index (κ3) is 4.42. The van der Waals surface area contributed by atoms with Crippen molar-refractivity contribution < 1.29 is 9.53 Å². The van der Waals surface area contributed by atoms with Gasteiger partial charge in [-0.15, -0.1) is 11.3 Å². The molecular formula is C25H24N2O2S. The van der Waals surface area contributed by atoms with Crippen molar-refractivity contribution in [3.63, 3.8) is 0 Å². The SMILES string of the molecule is COCC(C)NC(=O)c1cc(-c2ccc(C)cc2)cc(-c2nc3ccccc3s2)c1. The Balaban J connectivity index is 1.79. The number of aromatic nitrogens is 1. The molecule has 0 saturated heterocycles. The minimum atomic E-state index is -0.115. The number of ether oxygens (including phenoxy) is 1. The molecule has 1 heterocycles. The molecule has 4 aromatic rings. The van der Waals surface area contributed by atoms with Gasteiger partial charge in [0.05, 0.1) is 16.8 Å². The number of hydrogen-bond donors (Lipinski definition) is 1. The van der Waals surface area contributed by atoms with Gasteiger partial charge in [-0.25, -0.2) is 4.98 Å². The molecule has 1 atom stereocenters. The van der Waals surface area contributed by atoms with Crippen molar-refractivity contribution in [3.8, 4) is 21.7 Å². The van der Waals surface area contributed by atoms with Crippen LogP contribution in [0.25, 0.3) is 31.9 Å². The van der Waals surface area contributed by atoms with E-state index in [-0.39, 0.29) is 11.9 Å². The molecule has 1 amide bonds. The third-order valence-corrected chi connectivity index (χ3v) is 6.00. The molecule has 0 bridgehead atoms. The smallest absolute Gasteiger partial charge is 0.251 e. The van der Waals surface area contributed by atoms with Crippen LogP contribution in [0.5, 0.6) is 0 Å². The number of aryl methyl sites for hydroxylation is 1. The molecule has 0 fully saturated rings. The maximum absolute atomic E-state index is 12.9. The lowest BCUT2D eigenvalue weighted by Crippen LogP contribution is -2.35. The predicted octanol–water partition coefficient (Wildman–Crippen LogP) is 5.70. The van der Waals surface area contributed by atoms with E-state index in [4.69, 9.17) is 9.72 Å². The zero-order chi connectivity index (χ0) is 21.1. The number of carbonyl (C=O) groups is 1. The monoisotopic (exact) mass is 416 g/mol. The summed E-state index contributed by atoms with van der Waals surface area (Å²) >= 11 is 1.64. The number of para-hydroxylation sites is 1. The Hall–Kier alpha value is -3.02. The number of nitrogens with one attached hydrogen (secondary N) is 1. The van der Waals surface area contributed by atoms with Crippen LogP contribution in [0, 0.1) is 6.92 Å². The van der Waals surface area contributed by atoms with E-state index in [1.54, 1.807) is 18.4 Å². The summed E-state index contributed by atoms with van der Waals surface area (Å²) < 4.78 is 6.28. The fourth-order valence-electron chi connectivity index (χ4n) is 3.39. The van der Waals surface area contributed by atoms with Gasteiger partial charge in [0.2, 0.25) is 0 Å². The van der Waals surface area contributed by atoms with E-state index in [1.807, 2.05) is 37.3 Å². The number of methoxy groups -OCH3 is 1. The molecule has 4 nitrogen and oxygen atoms in total. The standard InChI is InChI=1S/C25H24N2O2S/c1-16-8-10-18(11-9-16)19-12-20(24(28)26-17(2)15-29-3)14-21(13-19)25-27-22-6-4-5-7-23(22)30-25/h4-14,17H,15H2,1-3H3,(H,26,28). The molecule has 0 radical (unpaired) electrons. The maximum atomic E-state index is 12.9. The fourth-order valence-corrected chi connectivity index (χ4v) is 4.34. The van der Waals surface area contributed by atoms with E-state index in [0.717, 1.165) is 31.9 Å². The summed E-state index contributed by atoms with van der Waals surface area (Å²) in [6.07, 6.45) is 0. The second-order valence-corrected chi connectivity index (χ2v) is 8.51. The summed E-state index contributed by atoms with van der Waals surface area (Å²) in [6, 6.07) is 22.3. The molecule has 0 saturated carbocycles. The lowest BCUT2D eigenvalue weighted by atomic mass is 9.98. The molecule has 1 unspecified atom stereocenters. The molecule has 3 aromatic carbocycles. The highest BCUT2D eigenvalue weighted by Crippen LogP contribution is 2.33. The van der Waals surface area contributed by atoms with Gasteiger partial charge in [0, 0.05) is 24.3 Å². The Morgan fingerprint density at radius 1 is 1.03 bits per heavy atom. The van der Waals surface area contributed by atoms with Crippen LogP contribution in [-0.4, -0.2) is 30.6 Å². The summed E-state index contributed by atoms with van der Waals surface area (Å²) in [5, 5.41) is 3.92. The first-order chi connectivity index (χ1) is 14.5. The van der Waals surface area contributed by atoms with Gasteiger partial charge >= 0.3 is 0 Å². The number of nitrogens with zero attached hydrogens (tertiary/aromatic N) is 1. The highest BCUT2D eigenvalue weighted by atomic mass is 32.1. The highest BCUT2D eigenvalue weighted by molar-refractivity contribution is 7.21. The summed E-state index contributed by atoms with van der Waals surface area (Å²) in [7, 11) is 1.63. The summed E-state index contributed by atoms with van der Waals surface area (Å²) in [6.45, 7) is 4.46. The van der Waals surface area contributed by atoms with Crippen molar-refractivity contribution in [2.24, 2.45) is 0 Å². The molecule has 4 rings (SSSR count). The van der Waals surface area contributed by atoms with Crippen LogP contribution < -0.4 is 5.32 Å². The Bertz CT molecular complexity index is 1150. The molecule has 30 heavy (non-hydrogen) atoms. The largest absolute Gasteiger partial charge is 0.383 e. The topological polar surface area (TPSA) is 51.2 Å². The third-order valence-electron chi connectivity index (χ3n) is 4.92. The summed E-state index contributed by atoms with van der Waals surface area (Å²) in [5.41, 5.74) is 5.80. The highest BCUT2D eigenvalue weighted by Gasteiger charge is 2.15. The van der Waals surface area contributed by atoms with Gasteiger partial charge in [-0.1, -0.05) is 42.0 Å². The first-order valence-corrected chi connectivity index (χ1v) is 10.7. The zero-order valence-electron chi connectivity index (χ0n) is 17.3. The Morgan fingerprint density at radius 2 is 1.77 bits per heavy atom. The second kappa shape index (κ2) is 8.78. The van der Waals surface area contributed by atoms with Gasteiger partial charge in [-0.2, -0.15) is 0 Å². The number of fused-ring (bicyclic) bond motifs is 1. The molecule has 152 valence electrons. The van der Waals surface area contributed by atoms with Crippen molar-refractivity contribution in [1.82, 2.24) is 10.3 Å². The molecule has 0 aliphatic carbocycles. The van der Waals surface area contributed by atoms with Crippen LogP contribution in [0.1, 0.15) is 22.8 Å². The Labute approximate surface area is 180 Å². The zero-order valence-corrected chi connectivity index (χ0v) is 18.1. The van der Waals surface area contributed by atoms with Gasteiger partial charge in [-0.3, -0.25) is 4.79 Å². The first-order valence-electron chi connectivity index (χ1n) is 9.91. The van der Waals surface area contributed by atoms with E-state index in [0.29, 0.717) is 12.2 Å². The van der Waals surface area contributed by atoms with Gasteiger partial charge in [-0.05, 0) is 55.3 Å². The molecule has 0 aliphatic rings. The first kappa shape index (κ1) is 20.3. The average Bonchev–Trinajstić information content (AvgIpc) is 3.18. The number of carbonyl (C=O) groups excluding carboxylic acids is 1. The van der Waals surface area contributed by atoms with Gasteiger partial charge < -0.3 is 10.1 Å². The van der Waals surface area contributed by atoms with Crippen molar-refractivity contribution in [2.75, 3.05) is 13.7 Å². The second-order valence-electron chi connectivity index (χ2n) is 7.48. The van der Waals surface area contributed by atoms with Gasteiger partial charge in [0.25, 0.3) is 5.91 Å². The Kier molecular flexibility index (Phi) is 5.93. The van der Waals surface area contributed by atoms with Crippen LogP contribution in [0.15, 0.2) is 66.7 Å². The van der Waals surface area contributed by atoms with Crippen LogP contribution in [0.4, 0.5) is 0 Å². The molecule has 1 aromatic heterocycles. The molecule has 0 spiro atoms. The summed E-state index contributed by atoms with van der Waals surface area (Å²) in [5.74, 6) is -0.115. The minimum Gasteiger partial charge on any atom is -0.383 e. The number of benzene rings is 3. The molecule has 5 heteroatoms. The van der Waals surface area contributed by atoms with Crippen LogP contribution in [0.3, 0.4) is 0 Å². The van der Waals surface area contributed by atoms with Crippen molar-refractivity contribution in [3.05, 3.63) is 77.9 Å². The number of rotatable bonds is 6. The fraction of sp³-hybridized carbons (Fsp3) is 0.200. The van der Waals surface area contributed by atoms with Gasteiger partial charge in [0.1, 0.15) is 5.01 Å². The number of amides is 1. The average molecular weight is 417 g/mol. The van der Waals surface area contributed by atoms with Gasteiger partial charge in [0.15, 0.2) is 0 Å².